The number of carbonyl (C=O) groups is 3. The molecule has 9 heteroatoms. The van der Waals surface area contributed by atoms with E-state index in [-0.39, 0.29) is 35.7 Å². The van der Waals surface area contributed by atoms with E-state index in [4.69, 9.17) is 21.1 Å². The summed E-state index contributed by atoms with van der Waals surface area (Å²) in [4.78, 5) is 39.6. The number of ketones is 1. The van der Waals surface area contributed by atoms with Crippen molar-refractivity contribution < 1.29 is 37.7 Å². The number of hydrogen-bond donors (Lipinski definition) is 1. The Bertz CT molecular complexity index is 1180. The lowest BCUT2D eigenvalue weighted by Gasteiger charge is -2.63. The number of ether oxygens (including phenoxy) is 2. The molecule has 216 valence electrons. The van der Waals surface area contributed by atoms with Gasteiger partial charge >= 0.3 is 11.9 Å². The molecule has 4 saturated carbocycles. The van der Waals surface area contributed by atoms with Gasteiger partial charge in [0.25, 0.3) is 0 Å². The average molecular weight is 569 g/mol. The Labute approximate surface area is 233 Å². The molecule has 5 aliphatic rings. The minimum atomic E-state index is -2.31. The van der Waals surface area contributed by atoms with Crippen LogP contribution in [0.2, 0.25) is 0 Å². The third-order valence-corrected chi connectivity index (χ3v) is 12.3. The van der Waals surface area contributed by atoms with Crippen LogP contribution in [0.25, 0.3) is 0 Å². The second-order valence-electron chi connectivity index (χ2n) is 14.1. The molecule has 5 aliphatic carbocycles. The summed E-state index contributed by atoms with van der Waals surface area (Å²) >= 11 is 5.81. The van der Waals surface area contributed by atoms with Gasteiger partial charge in [0.15, 0.2) is 17.5 Å². The molecule has 6 nitrogen and oxygen atoms in total. The fraction of sp³-hybridized carbons (Fsp3) is 0.767. The molecule has 0 bridgehead atoms. The van der Waals surface area contributed by atoms with Gasteiger partial charge in [0.1, 0.15) is 6.17 Å². The van der Waals surface area contributed by atoms with Crippen LogP contribution in [0.3, 0.4) is 0 Å². The number of carbonyl (C=O) groups excluding carboxylic acids is 3. The molecule has 0 radical (unpaired) electrons. The van der Waals surface area contributed by atoms with Crippen molar-refractivity contribution in [3.05, 3.63) is 23.8 Å². The number of hydrogen-bond acceptors (Lipinski definition) is 6. The van der Waals surface area contributed by atoms with Crippen molar-refractivity contribution in [2.75, 3.05) is 6.07 Å². The number of alkyl halides is 3. The molecule has 0 spiro atoms. The Morgan fingerprint density at radius 3 is 2.28 bits per heavy atom. The van der Waals surface area contributed by atoms with Crippen molar-refractivity contribution in [1.82, 2.24) is 0 Å². The van der Waals surface area contributed by atoms with Gasteiger partial charge in [-0.05, 0) is 60.7 Å². The van der Waals surface area contributed by atoms with Crippen LogP contribution >= 0.6 is 11.6 Å². The Morgan fingerprint density at radius 2 is 1.72 bits per heavy atom. The third-order valence-electron chi connectivity index (χ3n) is 12.2. The Hall–Kier alpha value is -1.80. The molecule has 0 saturated heterocycles. The predicted octanol–water partition coefficient (Wildman–Crippen LogP) is 5.25. The number of esters is 2. The lowest BCUT2D eigenvalue weighted by molar-refractivity contribution is -0.239. The van der Waals surface area contributed by atoms with Crippen LogP contribution in [0.4, 0.5) is 8.78 Å². The largest absolute Gasteiger partial charge is 0.446 e. The van der Waals surface area contributed by atoms with Gasteiger partial charge in [0.05, 0.1) is 12.0 Å². The highest BCUT2D eigenvalue weighted by Gasteiger charge is 2.80. The molecule has 0 amide bonds. The van der Waals surface area contributed by atoms with Crippen LogP contribution < -0.4 is 0 Å². The lowest BCUT2D eigenvalue weighted by Crippen LogP contribution is -2.71. The van der Waals surface area contributed by atoms with E-state index in [1.54, 1.807) is 13.8 Å². The molecule has 0 aliphatic heterocycles. The quantitative estimate of drug-likeness (QED) is 0.368. The minimum Gasteiger partial charge on any atom is -0.446 e. The van der Waals surface area contributed by atoms with Crippen LogP contribution in [0.5, 0.6) is 0 Å². The predicted molar refractivity (Wildman–Crippen MR) is 140 cm³/mol. The fourth-order valence-electron chi connectivity index (χ4n) is 9.38. The fourth-order valence-corrected chi connectivity index (χ4v) is 9.48. The van der Waals surface area contributed by atoms with Gasteiger partial charge in [0, 0.05) is 22.7 Å². The first-order chi connectivity index (χ1) is 17.9. The maximum Gasteiger partial charge on any atom is 0.352 e. The van der Waals surface area contributed by atoms with Gasteiger partial charge in [-0.1, -0.05) is 59.2 Å². The maximum atomic E-state index is 17.5. The Kier molecular flexibility index (Phi) is 6.16. The van der Waals surface area contributed by atoms with Crippen molar-refractivity contribution in [2.45, 2.75) is 91.3 Å². The summed E-state index contributed by atoms with van der Waals surface area (Å²) < 4.78 is 44.8. The highest BCUT2D eigenvalue weighted by Crippen LogP contribution is 2.73. The summed E-state index contributed by atoms with van der Waals surface area (Å²) in [5.74, 6) is -4.53. The zero-order valence-corrected chi connectivity index (χ0v) is 24.4. The van der Waals surface area contributed by atoms with Gasteiger partial charge in [-0.2, -0.15) is 0 Å². The van der Waals surface area contributed by atoms with E-state index >= 15 is 8.78 Å². The van der Waals surface area contributed by atoms with Gasteiger partial charge < -0.3 is 14.6 Å². The van der Waals surface area contributed by atoms with Crippen molar-refractivity contribution >= 4 is 29.3 Å². The van der Waals surface area contributed by atoms with Crippen molar-refractivity contribution in [1.29, 1.82) is 0 Å². The molecule has 0 aromatic heterocycles. The first-order valence-electron chi connectivity index (χ1n) is 13.8. The van der Waals surface area contributed by atoms with Crippen molar-refractivity contribution in [2.24, 2.45) is 45.3 Å². The molecule has 39 heavy (non-hydrogen) atoms. The second kappa shape index (κ2) is 8.37. The first kappa shape index (κ1) is 28.7. The molecule has 0 heterocycles. The van der Waals surface area contributed by atoms with Gasteiger partial charge in [-0.25, -0.2) is 13.6 Å². The highest BCUT2D eigenvalue weighted by atomic mass is 35.5. The number of aliphatic hydroxyl groups is 1. The van der Waals surface area contributed by atoms with Crippen LogP contribution in [0.15, 0.2) is 23.8 Å². The summed E-state index contributed by atoms with van der Waals surface area (Å²) in [5, 5.41) is 11.6. The third kappa shape index (κ3) is 3.25. The minimum absolute atomic E-state index is 0.0277. The molecule has 4 fully saturated rings. The smallest absolute Gasteiger partial charge is 0.352 e. The molecule has 5 rings (SSSR count). The topological polar surface area (TPSA) is 89.9 Å². The Morgan fingerprint density at radius 1 is 1.10 bits per heavy atom. The maximum absolute atomic E-state index is 17.5. The first-order valence-corrected chi connectivity index (χ1v) is 14.3. The van der Waals surface area contributed by atoms with E-state index in [1.807, 2.05) is 27.7 Å². The zero-order chi connectivity index (χ0) is 29.1. The second-order valence-corrected chi connectivity index (χ2v) is 14.3. The van der Waals surface area contributed by atoms with E-state index < -0.39 is 81.8 Å². The highest BCUT2D eigenvalue weighted by molar-refractivity contribution is 6.17. The van der Waals surface area contributed by atoms with E-state index in [2.05, 4.69) is 0 Å². The van der Waals surface area contributed by atoms with Crippen LogP contribution in [0, 0.1) is 45.3 Å². The van der Waals surface area contributed by atoms with Crippen LogP contribution in [-0.4, -0.2) is 52.4 Å². The molecule has 0 aromatic carbocycles. The van der Waals surface area contributed by atoms with E-state index in [0.29, 0.717) is 0 Å². The molecular weight excluding hydrogens is 530 g/mol. The SMILES string of the molecule is C[C@@H]1C[C@H]2[C@@H]3C[C@H](F)C4=CC(=O)C=C[C@]4(C)C3(F)[C@@H](O)C[C@]2(C)[C@@]1(OC(=O)C1C(C)(C)C1(C)C)C(=O)OCCl. The average Bonchev–Trinajstić information content (AvgIpc) is 3.14. The van der Waals surface area contributed by atoms with Gasteiger partial charge in [-0.15, -0.1) is 0 Å². The van der Waals surface area contributed by atoms with Crippen molar-refractivity contribution in [3.63, 3.8) is 0 Å². The van der Waals surface area contributed by atoms with E-state index in [9.17, 15) is 19.5 Å². The standard InChI is InChI=1S/C30H39ClF2O6/c1-15-10-17-18-12-20(32)19-11-16(34)8-9-27(19,6)29(18,33)21(35)13-28(17,7)30(15,24(37)38-14-31)39-23(36)22-25(2,3)26(22,4)5/h8-9,11,15,17-18,20-22,35H,10,12-14H2,1-7H3/t15-,17+,18+,20+,21+,27+,28+,29?,30+/m1/s1. The van der Waals surface area contributed by atoms with Gasteiger partial charge in [0.2, 0.25) is 5.60 Å². The summed E-state index contributed by atoms with van der Waals surface area (Å²) in [6.07, 6.45) is 0.265. The number of halogens is 3. The summed E-state index contributed by atoms with van der Waals surface area (Å²) in [6, 6.07) is -0.470. The molecule has 1 unspecified atom stereocenters. The molecule has 0 aromatic rings. The molecule has 9 atom stereocenters. The Balaban J connectivity index is 1.61. The van der Waals surface area contributed by atoms with Crippen LogP contribution in [-0.2, 0) is 23.9 Å². The lowest BCUT2D eigenvalue weighted by atomic mass is 9.44. The monoisotopic (exact) mass is 568 g/mol. The van der Waals surface area contributed by atoms with Crippen LogP contribution in [0.1, 0.15) is 67.7 Å². The zero-order valence-electron chi connectivity index (χ0n) is 23.6. The normalized spacial score (nSPS) is 47.4. The molecule has 1 N–H and O–H groups in total. The number of rotatable bonds is 4. The summed E-state index contributed by atoms with van der Waals surface area (Å²) in [7, 11) is 0. The molecular formula is C30H39ClF2O6. The summed E-state index contributed by atoms with van der Waals surface area (Å²) in [6.45, 7) is 12.9. The van der Waals surface area contributed by atoms with Crippen molar-refractivity contribution in [3.8, 4) is 0 Å². The number of allylic oxidation sites excluding steroid dienone is 4. The summed E-state index contributed by atoms with van der Waals surface area (Å²) in [5.41, 5.74) is -7.66. The number of aliphatic hydroxyl groups excluding tert-OH is 1. The van der Waals surface area contributed by atoms with Gasteiger partial charge in [-0.3, -0.25) is 9.59 Å². The number of fused-ring (bicyclic) bond motifs is 5. The van der Waals surface area contributed by atoms with E-state index in [1.165, 1.54) is 19.1 Å². The van der Waals surface area contributed by atoms with E-state index in [0.717, 1.165) is 6.08 Å².